The number of halogens is 1. The molecule has 2 aromatic carbocycles. The minimum atomic E-state index is 0.328. The Morgan fingerprint density at radius 2 is 1.63 bits per heavy atom. The van der Waals surface area contributed by atoms with Crippen molar-refractivity contribution in [1.82, 2.24) is 0 Å². The van der Waals surface area contributed by atoms with E-state index in [-0.39, 0.29) is 0 Å². The van der Waals surface area contributed by atoms with Crippen molar-refractivity contribution in [2.24, 2.45) is 0 Å². The summed E-state index contributed by atoms with van der Waals surface area (Å²) < 4.78 is 0. The van der Waals surface area contributed by atoms with E-state index in [9.17, 15) is 0 Å². The zero-order valence-corrected chi connectivity index (χ0v) is 12.9. The van der Waals surface area contributed by atoms with Crippen molar-refractivity contribution in [3.05, 3.63) is 53.6 Å². The van der Waals surface area contributed by atoms with Crippen LogP contribution in [0, 0.1) is 0 Å². The van der Waals surface area contributed by atoms with Crippen molar-refractivity contribution in [2.75, 3.05) is 18.0 Å². The summed E-state index contributed by atoms with van der Waals surface area (Å²) in [4.78, 5) is 2.72. The van der Waals surface area contributed by atoms with E-state index in [1.807, 2.05) is 0 Å². The van der Waals surface area contributed by atoms with Crippen molar-refractivity contribution < 1.29 is 0 Å². The first kappa shape index (κ1) is 12.7. The van der Waals surface area contributed by atoms with Gasteiger partial charge in [-0.25, -0.2) is 0 Å². The van der Waals surface area contributed by atoms with E-state index < -0.39 is 0 Å². The summed E-state index contributed by atoms with van der Waals surface area (Å²) >= 11 is 3.84. The summed E-state index contributed by atoms with van der Waals surface area (Å²) in [6, 6.07) is 15.5. The Morgan fingerprint density at radius 1 is 0.947 bits per heavy atom. The maximum Gasteiger partial charge on any atom is 0.0657 e. The van der Waals surface area contributed by atoms with Crippen LogP contribution < -0.4 is 4.90 Å². The van der Waals surface area contributed by atoms with Gasteiger partial charge in [-0.1, -0.05) is 46.3 Å². The molecule has 0 fully saturated rings. The van der Waals surface area contributed by atoms with Crippen LogP contribution in [0.15, 0.2) is 42.5 Å². The van der Waals surface area contributed by atoms with E-state index in [2.05, 4.69) is 77.1 Å². The van der Waals surface area contributed by atoms with Gasteiger partial charge in [0.2, 0.25) is 0 Å². The smallest absolute Gasteiger partial charge is 0.0657 e. The van der Waals surface area contributed by atoms with Crippen LogP contribution in [0.4, 0.5) is 5.69 Å². The standard InChI is InChI=1S/C17H18BrN/c1-3-19(4-2)12-9-10-14-13-7-5-6-8-15(13)17(18)16(14)11-12/h5-11,17H,3-4H2,1-2H3/t17-/m1/s1. The molecule has 0 aromatic heterocycles. The number of hydrogen-bond donors (Lipinski definition) is 0. The maximum atomic E-state index is 3.84. The Labute approximate surface area is 123 Å². The first-order valence-corrected chi connectivity index (χ1v) is 7.80. The molecule has 0 saturated carbocycles. The van der Waals surface area contributed by atoms with Crippen LogP contribution >= 0.6 is 15.9 Å². The number of fused-ring (bicyclic) bond motifs is 3. The minimum Gasteiger partial charge on any atom is -0.372 e. The number of anilines is 1. The SMILES string of the molecule is CCN(CC)c1ccc2c(c1)[C@H](Br)c1ccccc1-2. The highest BCUT2D eigenvalue weighted by atomic mass is 79.9. The van der Waals surface area contributed by atoms with Crippen LogP contribution in [0.2, 0.25) is 0 Å². The zero-order valence-electron chi connectivity index (χ0n) is 11.4. The van der Waals surface area contributed by atoms with Gasteiger partial charge in [-0.2, -0.15) is 0 Å². The Kier molecular flexibility index (Phi) is 3.36. The molecule has 3 rings (SSSR count). The largest absolute Gasteiger partial charge is 0.372 e. The molecular formula is C17H18BrN. The Hall–Kier alpha value is -1.28. The topological polar surface area (TPSA) is 3.24 Å². The highest BCUT2D eigenvalue weighted by Crippen LogP contribution is 2.48. The second-order valence-corrected chi connectivity index (χ2v) is 5.81. The van der Waals surface area contributed by atoms with Crippen LogP contribution in [-0.2, 0) is 0 Å². The third-order valence-electron chi connectivity index (χ3n) is 3.96. The molecule has 0 bridgehead atoms. The molecular weight excluding hydrogens is 298 g/mol. The summed E-state index contributed by atoms with van der Waals surface area (Å²) in [7, 11) is 0. The van der Waals surface area contributed by atoms with Gasteiger partial charge in [0.15, 0.2) is 0 Å². The first-order valence-electron chi connectivity index (χ1n) is 6.88. The van der Waals surface area contributed by atoms with E-state index >= 15 is 0 Å². The molecule has 98 valence electrons. The summed E-state index contributed by atoms with van der Waals surface area (Å²) in [5, 5.41) is 0. The van der Waals surface area contributed by atoms with Gasteiger partial charge in [-0.05, 0) is 48.2 Å². The lowest BCUT2D eigenvalue weighted by atomic mass is 10.1. The lowest BCUT2D eigenvalue weighted by Gasteiger charge is -2.22. The molecule has 0 unspecified atom stereocenters. The number of hydrogen-bond acceptors (Lipinski definition) is 1. The van der Waals surface area contributed by atoms with Crippen LogP contribution in [0.5, 0.6) is 0 Å². The van der Waals surface area contributed by atoms with Crippen molar-refractivity contribution in [1.29, 1.82) is 0 Å². The average molecular weight is 316 g/mol. The summed E-state index contributed by atoms with van der Waals surface area (Å²) in [6.07, 6.45) is 0. The molecule has 0 saturated heterocycles. The number of alkyl halides is 1. The number of rotatable bonds is 3. The van der Waals surface area contributed by atoms with E-state index in [1.165, 1.54) is 27.9 Å². The van der Waals surface area contributed by atoms with E-state index in [1.54, 1.807) is 0 Å². The molecule has 1 atom stereocenters. The monoisotopic (exact) mass is 315 g/mol. The quantitative estimate of drug-likeness (QED) is 0.721. The van der Waals surface area contributed by atoms with E-state index in [4.69, 9.17) is 0 Å². The van der Waals surface area contributed by atoms with E-state index in [0.29, 0.717) is 4.83 Å². The fourth-order valence-electron chi connectivity index (χ4n) is 2.92. The molecule has 0 amide bonds. The van der Waals surface area contributed by atoms with Crippen molar-refractivity contribution in [3.63, 3.8) is 0 Å². The van der Waals surface area contributed by atoms with Gasteiger partial charge in [-0.15, -0.1) is 0 Å². The van der Waals surface area contributed by atoms with Crippen molar-refractivity contribution in [2.45, 2.75) is 18.7 Å². The predicted molar refractivity (Wildman–Crippen MR) is 86.2 cm³/mol. The molecule has 19 heavy (non-hydrogen) atoms. The van der Waals surface area contributed by atoms with Crippen LogP contribution in [0.3, 0.4) is 0 Å². The Balaban J connectivity index is 2.10. The van der Waals surface area contributed by atoms with Gasteiger partial charge in [0.25, 0.3) is 0 Å². The van der Waals surface area contributed by atoms with Crippen LogP contribution in [0.1, 0.15) is 29.8 Å². The van der Waals surface area contributed by atoms with Gasteiger partial charge < -0.3 is 4.90 Å². The highest BCUT2D eigenvalue weighted by molar-refractivity contribution is 9.09. The fraction of sp³-hybridized carbons (Fsp3) is 0.294. The molecule has 0 heterocycles. The lowest BCUT2D eigenvalue weighted by Crippen LogP contribution is -2.21. The molecule has 1 nitrogen and oxygen atoms in total. The third-order valence-corrected chi connectivity index (χ3v) is 4.95. The summed E-state index contributed by atoms with van der Waals surface area (Å²) in [5.41, 5.74) is 6.83. The van der Waals surface area contributed by atoms with Gasteiger partial charge in [0, 0.05) is 18.8 Å². The average Bonchev–Trinajstić information content (AvgIpc) is 2.74. The van der Waals surface area contributed by atoms with Crippen LogP contribution in [-0.4, -0.2) is 13.1 Å². The zero-order chi connectivity index (χ0) is 13.4. The predicted octanol–water partition coefficient (Wildman–Crippen LogP) is 5.00. The molecule has 0 aliphatic heterocycles. The highest BCUT2D eigenvalue weighted by Gasteiger charge is 2.26. The van der Waals surface area contributed by atoms with Crippen LogP contribution in [0.25, 0.3) is 11.1 Å². The minimum absolute atomic E-state index is 0.328. The first-order chi connectivity index (χ1) is 9.26. The maximum absolute atomic E-state index is 3.84. The third kappa shape index (κ3) is 1.99. The summed E-state index contributed by atoms with van der Waals surface area (Å²) in [5.74, 6) is 0. The summed E-state index contributed by atoms with van der Waals surface area (Å²) in [6.45, 7) is 6.51. The molecule has 1 aliphatic rings. The molecule has 1 aliphatic carbocycles. The molecule has 2 aromatic rings. The van der Waals surface area contributed by atoms with E-state index in [0.717, 1.165) is 13.1 Å². The second kappa shape index (κ2) is 5.01. The number of nitrogens with zero attached hydrogens (tertiary/aromatic N) is 1. The molecule has 0 N–H and O–H groups in total. The lowest BCUT2D eigenvalue weighted by molar-refractivity contribution is 0.865. The van der Waals surface area contributed by atoms with Gasteiger partial charge in [0.1, 0.15) is 0 Å². The van der Waals surface area contributed by atoms with Crippen molar-refractivity contribution in [3.8, 4) is 11.1 Å². The van der Waals surface area contributed by atoms with Gasteiger partial charge >= 0.3 is 0 Å². The Bertz CT molecular complexity index is 602. The van der Waals surface area contributed by atoms with Crippen molar-refractivity contribution >= 4 is 21.6 Å². The Morgan fingerprint density at radius 3 is 2.37 bits per heavy atom. The fourth-order valence-corrected chi connectivity index (χ4v) is 3.70. The molecule has 2 heteroatoms. The van der Waals surface area contributed by atoms with Gasteiger partial charge in [-0.3, -0.25) is 0 Å². The normalized spacial score (nSPS) is 16.1. The second-order valence-electron chi connectivity index (χ2n) is 4.89. The molecule has 0 radical (unpaired) electrons. The van der Waals surface area contributed by atoms with Gasteiger partial charge in [0.05, 0.1) is 4.83 Å². The molecule has 0 spiro atoms. The number of benzene rings is 2.